The summed E-state index contributed by atoms with van der Waals surface area (Å²) in [5.74, 6) is 1.39. The molecule has 3 heterocycles. The van der Waals surface area contributed by atoms with E-state index in [9.17, 15) is 0 Å². The van der Waals surface area contributed by atoms with Crippen LogP contribution in [0.1, 0.15) is 0 Å². The zero-order valence-corrected chi connectivity index (χ0v) is 18.5. The van der Waals surface area contributed by atoms with Crippen molar-refractivity contribution in [3.8, 4) is 22.8 Å². The molecule has 0 aliphatic rings. The normalized spacial score (nSPS) is 11.8. The third-order valence-corrected chi connectivity index (χ3v) is 8.15. The number of benzene rings is 4. The third-order valence-electron chi connectivity index (χ3n) is 5.84. The summed E-state index contributed by atoms with van der Waals surface area (Å²) in [6, 6.07) is 30.0. The molecular formula is C27H15N3S2. The highest BCUT2D eigenvalue weighted by molar-refractivity contribution is 7.26. The first-order valence-electron chi connectivity index (χ1n) is 10.4. The van der Waals surface area contributed by atoms with Crippen LogP contribution in [0.4, 0.5) is 0 Å². The molecule has 150 valence electrons. The lowest BCUT2D eigenvalue weighted by Crippen LogP contribution is -1.95. The summed E-state index contributed by atoms with van der Waals surface area (Å²) in [4.78, 5) is 13.8. The highest BCUT2D eigenvalue weighted by Gasteiger charge is 2.12. The van der Waals surface area contributed by atoms with Crippen LogP contribution in [0.3, 0.4) is 0 Å². The zero-order chi connectivity index (χ0) is 21.1. The highest BCUT2D eigenvalue weighted by Crippen LogP contribution is 2.37. The maximum Gasteiger partial charge on any atom is 0.163 e. The minimum absolute atomic E-state index is 0.697. The molecule has 0 amide bonds. The summed E-state index contributed by atoms with van der Waals surface area (Å²) in [5.41, 5.74) is 2.01. The van der Waals surface area contributed by atoms with E-state index in [0.717, 1.165) is 11.1 Å². The van der Waals surface area contributed by atoms with E-state index in [1.807, 2.05) is 22.7 Å². The van der Waals surface area contributed by atoms with E-state index >= 15 is 0 Å². The SMILES string of the molecule is c1ccc2c(c1)sc1ccc(-c3ncnc(-c4ccc5sc6ccccc6c5c4)n3)cc12. The Morgan fingerprint density at radius 2 is 0.938 bits per heavy atom. The standard InChI is InChI=1S/C27H15N3S2/c1-3-7-22-18(5-1)20-13-16(9-11-24(20)31-22)26-28-15-29-27(30-26)17-10-12-25-21(14-17)19-6-2-4-8-23(19)32-25/h1-15H. The van der Waals surface area contributed by atoms with Gasteiger partial charge in [-0.05, 0) is 48.5 Å². The molecule has 0 N–H and O–H groups in total. The van der Waals surface area contributed by atoms with E-state index in [1.165, 1.54) is 40.3 Å². The molecule has 32 heavy (non-hydrogen) atoms. The molecular weight excluding hydrogens is 430 g/mol. The van der Waals surface area contributed by atoms with Gasteiger partial charge in [0.05, 0.1) is 0 Å². The number of rotatable bonds is 2. The number of hydrogen-bond donors (Lipinski definition) is 0. The fourth-order valence-corrected chi connectivity index (χ4v) is 6.48. The largest absolute Gasteiger partial charge is 0.217 e. The van der Waals surface area contributed by atoms with Gasteiger partial charge in [-0.15, -0.1) is 22.7 Å². The molecule has 0 aliphatic heterocycles. The molecule has 0 radical (unpaired) electrons. The Balaban J connectivity index is 1.37. The van der Waals surface area contributed by atoms with Gasteiger partial charge in [-0.25, -0.2) is 15.0 Å². The van der Waals surface area contributed by atoms with Crippen LogP contribution in [-0.2, 0) is 0 Å². The molecule has 4 aromatic carbocycles. The molecule has 7 rings (SSSR count). The summed E-state index contributed by atoms with van der Waals surface area (Å²) in [5, 5.41) is 5.05. The summed E-state index contributed by atoms with van der Waals surface area (Å²) < 4.78 is 5.15. The average Bonchev–Trinajstić information content (AvgIpc) is 3.41. The van der Waals surface area contributed by atoms with Gasteiger partial charge in [-0.1, -0.05) is 36.4 Å². The van der Waals surface area contributed by atoms with Gasteiger partial charge in [-0.2, -0.15) is 0 Å². The molecule has 3 nitrogen and oxygen atoms in total. The molecule has 7 aromatic rings. The quantitative estimate of drug-likeness (QED) is 0.271. The Morgan fingerprint density at radius 1 is 0.469 bits per heavy atom. The van der Waals surface area contributed by atoms with Crippen molar-refractivity contribution in [1.29, 1.82) is 0 Å². The van der Waals surface area contributed by atoms with Crippen LogP contribution in [-0.4, -0.2) is 15.0 Å². The van der Waals surface area contributed by atoms with Gasteiger partial charge in [0.25, 0.3) is 0 Å². The summed E-state index contributed by atoms with van der Waals surface area (Å²) in [7, 11) is 0. The van der Waals surface area contributed by atoms with Crippen molar-refractivity contribution in [2.75, 3.05) is 0 Å². The fraction of sp³-hybridized carbons (Fsp3) is 0. The van der Waals surface area contributed by atoms with Crippen molar-refractivity contribution < 1.29 is 0 Å². The lowest BCUT2D eigenvalue weighted by Gasteiger charge is -2.04. The molecule has 5 heteroatoms. The molecule has 0 saturated heterocycles. The van der Waals surface area contributed by atoms with Crippen molar-refractivity contribution in [1.82, 2.24) is 15.0 Å². The predicted octanol–water partition coefficient (Wildman–Crippen LogP) is 7.94. The Hall–Kier alpha value is -3.67. The predicted molar refractivity (Wildman–Crippen MR) is 136 cm³/mol. The number of aromatic nitrogens is 3. The van der Waals surface area contributed by atoms with Gasteiger partial charge in [0, 0.05) is 51.5 Å². The van der Waals surface area contributed by atoms with E-state index in [2.05, 4.69) is 94.9 Å². The monoisotopic (exact) mass is 445 g/mol. The Morgan fingerprint density at radius 3 is 1.47 bits per heavy atom. The molecule has 0 aliphatic carbocycles. The van der Waals surface area contributed by atoms with Crippen LogP contribution in [0, 0.1) is 0 Å². The van der Waals surface area contributed by atoms with E-state index < -0.39 is 0 Å². The fourth-order valence-electron chi connectivity index (χ4n) is 4.30. The molecule has 0 spiro atoms. The number of thiophene rings is 2. The smallest absolute Gasteiger partial charge is 0.163 e. The second-order valence-electron chi connectivity index (χ2n) is 7.75. The highest BCUT2D eigenvalue weighted by atomic mass is 32.1. The first-order valence-corrected chi connectivity index (χ1v) is 12.0. The van der Waals surface area contributed by atoms with E-state index in [4.69, 9.17) is 4.98 Å². The lowest BCUT2D eigenvalue weighted by molar-refractivity contribution is 1.07. The summed E-state index contributed by atoms with van der Waals surface area (Å²) >= 11 is 3.63. The minimum atomic E-state index is 0.697. The van der Waals surface area contributed by atoms with Crippen molar-refractivity contribution >= 4 is 63.0 Å². The topological polar surface area (TPSA) is 38.7 Å². The lowest BCUT2D eigenvalue weighted by atomic mass is 10.1. The first kappa shape index (κ1) is 18.0. The molecule has 0 unspecified atom stereocenters. The number of nitrogens with zero attached hydrogens (tertiary/aromatic N) is 3. The maximum absolute atomic E-state index is 4.84. The van der Waals surface area contributed by atoms with Gasteiger partial charge in [-0.3, -0.25) is 0 Å². The second-order valence-corrected chi connectivity index (χ2v) is 9.92. The molecule has 0 fully saturated rings. The van der Waals surface area contributed by atoms with Crippen LogP contribution in [0.2, 0.25) is 0 Å². The molecule has 3 aromatic heterocycles. The van der Waals surface area contributed by atoms with Crippen molar-refractivity contribution in [3.63, 3.8) is 0 Å². The van der Waals surface area contributed by atoms with Crippen LogP contribution in [0.15, 0.2) is 91.3 Å². The van der Waals surface area contributed by atoms with E-state index in [1.54, 1.807) is 6.33 Å². The molecule has 0 saturated carbocycles. The second kappa shape index (κ2) is 6.92. The molecule has 0 atom stereocenters. The van der Waals surface area contributed by atoms with Crippen molar-refractivity contribution in [2.24, 2.45) is 0 Å². The van der Waals surface area contributed by atoms with E-state index in [0.29, 0.717) is 11.6 Å². The van der Waals surface area contributed by atoms with Gasteiger partial charge < -0.3 is 0 Å². The van der Waals surface area contributed by atoms with Crippen LogP contribution >= 0.6 is 22.7 Å². The zero-order valence-electron chi connectivity index (χ0n) is 16.8. The van der Waals surface area contributed by atoms with Crippen LogP contribution in [0.5, 0.6) is 0 Å². The van der Waals surface area contributed by atoms with Gasteiger partial charge in [0.1, 0.15) is 6.33 Å². The maximum atomic E-state index is 4.84. The van der Waals surface area contributed by atoms with E-state index in [-0.39, 0.29) is 0 Å². The number of fused-ring (bicyclic) bond motifs is 6. The minimum Gasteiger partial charge on any atom is -0.217 e. The van der Waals surface area contributed by atoms with Crippen molar-refractivity contribution in [2.45, 2.75) is 0 Å². The van der Waals surface area contributed by atoms with Gasteiger partial charge in [0.2, 0.25) is 0 Å². The van der Waals surface area contributed by atoms with Crippen LogP contribution in [0.25, 0.3) is 63.1 Å². The average molecular weight is 446 g/mol. The van der Waals surface area contributed by atoms with Gasteiger partial charge in [0.15, 0.2) is 11.6 Å². The van der Waals surface area contributed by atoms with Crippen molar-refractivity contribution in [3.05, 3.63) is 91.3 Å². The summed E-state index contributed by atoms with van der Waals surface area (Å²) in [6.07, 6.45) is 1.61. The summed E-state index contributed by atoms with van der Waals surface area (Å²) in [6.45, 7) is 0. The Bertz CT molecular complexity index is 1670. The Labute approximate surface area is 191 Å². The number of hydrogen-bond acceptors (Lipinski definition) is 5. The Kier molecular flexibility index (Phi) is 3.88. The third kappa shape index (κ3) is 2.75. The van der Waals surface area contributed by atoms with Crippen LogP contribution < -0.4 is 0 Å². The van der Waals surface area contributed by atoms with Gasteiger partial charge >= 0.3 is 0 Å². The molecule has 0 bridgehead atoms. The first-order chi connectivity index (χ1) is 15.8.